The van der Waals surface area contributed by atoms with Crippen molar-refractivity contribution in [3.63, 3.8) is 0 Å². The van der Waals surface area contributed by atoms with E-state index in [4.69, 9.17) is 0 Å². The summed E-state index contributed by atoms with van der Waals surface area (Å²) in [6.07, 6.45) is 3.16. The molecule has 8 nitrogen and oxygen atoms in total. The van der Waals surface area contributed by atoms with Gasteiger partial charge in [0, 0.05) is 13.0 Å². The van der Waals surface area contributed by atoms with Gasteiger partial charge in [0.2, 0.25) is 5.91 Å². The van der Waals surface area contributed by atoms with Gasteiger partial charge in [0.15, 0.2) is 10.8 Å². The summed E-state index contributed by atoms with van der Waals surface area (Å²) in [7, 11) is 0. The molecule has 0 bridgehead atoms. The highest BCUT2D eigenvalue weighted by Crippen LogP contribution is 2.25. The average molecular weight is 396 g/mol. The Hall–Kier alpha value is -3.07. The molecule has 1 amide bonds. The summed E-state index contributed by atoms with van der Waals surface area (Å²) >= 11 is 1.42. The van der Waals surface area contributed by atoms with E-state index in [2.05, 4.69) is 20.4 Å². The first-order valence-electron chi connectivity index (χ1n) is 8.92. The van der Waals surface area contributed by atoms with Gasteiger partial charge in [0.25, 0.3) is 5.56 Å². The number of rotatable bonds is 4. The molecule has 1 aromatic carbocycles. The lowest BCUT2D eigenvalue weighted by molar-refractivity contribution is -0.116. The largest absolute Gasteiger partial charge is 0.302 e. The van der Waals surface area contributed by atoms with Gasteiger partial charge in [-0.2, -0.15) is 5.10 Å². The molecule has 144 valence electrons. The van der Waals surface area contributed by atoms with E-state index in [1.54, 1.807) is 4.68 Å². The van der Waals surface area contributed by atoms with Crippen molar-refractivity contribution in [3.8, 4) is 0 Å². The number of hydrogen-bond donors (Lipinski definition) is 1. The van der Waals surface area contributed by atoms with Gasteiger partial charge in [-0.1, -0.05) is 23.5 Å². The fourth-order valence-electron chi connectivity index (χ4n) is 2.93. The third-order valence-electron chi connectivity index (χ3n) is 4.31. The molecule has 0 saturated carbocycles. The third-order valence-corrected chi connectivity index (χ3v) is 5.26. The maximum absolute atomic E-state index is 12.7. The number of hydrogen-bond acceptors (Lipinski definition) is 6. The number of para-hydroxylation sites is 1. The molecule has 9 heteroatoms. The van der Waals surface area contributed by atoms with E-state index >= 15 is 0 Å². The molecule has 0 fully saturated rings. The number of carbonyl (C=O) groups is 1. The Morgan fingerprint density at radius 1 is 1.25 bits per heavy atom. The fraction of sp³-hybridized carbons (Fsp3) is 0.316. The van der Waals surface area contributed by atoms with E-state index in [1.165, 1.54) is 28.4 Å². The highest BCUT2D eigenvalue weighted by Gasteiger charge is 2.19. The minimum Gasteiger partial charge on any atom is -0.302 e. The molecular formula is C19H20N6O2S. The van der Waals surface area contributed by atoms with Crippen LogP contribution in [-0.4, -0.2) is 30.2 Å². The third kappa shape index (κ3) is 3.40. The van der Waals surface area contributed by atoms with E-state index < -0.39 is 0 Å². The van der Waals surface area contributed by atoms with Crippen LogP contribution in [0.25, 0.3) is 21.3 Å². The summed E-state index contributed by atoms with van der Waals surface area (Å²) in [5.41, 5.74) is 0.926. The monoisotopic (exact) mass is 396 g/mol. The minimum absolute atomic E-state index is 0.149. The van der Waals surface area contributed by atoms with Gasteiger partial charge in [-0.25, -0.2) is 14.6 Å². The Balaban J connectivity index is 1.48. The number of nitrogens with one attached hydrogen (secondary N) is 1. The predicted octanol–water partition coefficient (Wildman–Crippen LogP) is 2.99. The maximum atomic E-state index is 12.7. The van der Waals surface area contributed by atoms with Crippen LogP contribution in [0.3, 0.4) is 0 Å². The number of nitrogens with zero attached hydrogens (tertiary/aromatic N) is 5. The van der Waals surface area contributed by atoms with E-state index in [0.717, 1.165) is 10.2 Å². The van der Waals surface area contributed by atoms with Crippen LogP contribution in [0.2, 0.25) is 0 Å². The van der Waals surface area contributed by atoms with Gasteiger partial charge in [-0.3, -0.25) is 14.2 Å². The highest BCUT2D eigenvalue weighted by atomic mass is 32.1. The molecule has 0 aliphatic carbocycles. The zero-order valence-electron chi connectivity index (χ0n) is 15.8. The van der Waals surface area contributed by atoms with Crippen molar-refractivity contribution in [1.29, 1.82) is 0 Å². The van der Waals surface area contributed by atoms with Gasteiger partial charge in [-0.05, 0) is 32.9 Å². The maximum Gasteiger partial charge on any atom is 0.264 e. The van der Waals surface area contributed by atoms with Crippen LogP contribution in [0, 0.1) is 0 Å². The molecule has 0 unspecified atom stereocenters. The molecule has 28 heavy (non-hydrogen) atoms. The molecular weight excluding hydrogens is 376 g/mol. The SMILES string of the molecule is CC(C)(C)n1ncc2c(=O)n(CCC(=O)Nc3nc4ccccc4s3)cnc21. The molecule has 0 aliphatic heterocycles. The standard InChI is InChI=1S/C19H20N6O2S/c1-19(2,3)25-16-12(10-21-25)17(27)24(11-20-16)9-8-15(26)23-18-22-13-6-4-5-7-14(13)28-18/h4-7,10-11H,8-9H2,1-3H3,(H,22,23,26). The number of aromatic nitrogens is 5. The van der Waals surface area contributed by atoms with Crippen LogP contribution in [0.1, 0.15) is 27.2 Å². The van der Waals surface area contributed by atoms with Crippen molar-refractivity contribution >= 4 is 43.6 Å². The van der Waals surface area contributed by atoms with Crippen molar-refractivity contribution in [2.24, 2.45) is 0 Å². The first-order valence-corrected chi connectivity index (χ1v) is 9.74. The molecule has 1 N–H and O–H groups in total. The smallest absolute Gasteiger partial charge is 0.264 e. The lowest BCUT2D eigenvalue weighted by atomic mass is 10.1. The first kappa shape index (κ1) is 18.3. The number of thiazole rings is 1. The van der Waals surface area contributed by atoms with Crippen LogP contribution in [0.5, 0.6) is 0 Å². The van der Waals surface area contributed by atoms with Crippen molar-refractivity contribution in [1.82, 2.24) is 24.3 Å². The second-order valence-electron chi connectivity index (χ2n) is 7.49. The highest BCUT2D eigenvalue weighted by molar-refractivity contribution is 7.22. The number of anilines is 1. The predicted molar refractivity (Wildman–Crippen MR) is 110 cm³/mol. The number of benzene rings is 1. The van der Waals surface area contributed by atoms with Crippen LogP contribution in [0.15, 0.2) is 41.6 Å². The fourth-order valence-corrected chi connectivity index (χ4v) is 3.81. The lowest BCUT2D eigenvalue weighted by Crippen LogP contribution is -2.26. The second kappa shape index (κ2) is 6.83. The summed E-state index contributed by atoms with van der Waals surface area (Å²) in [6, 6.07) is 7.70. The molecule has 0 aliphatic rings. The zero-order valence-corrected chi connectivity index (χ0v) is 16.7. The quantitative estimate of drug-likeness (QED) is 0.572. The normalized spacial score (nSPS) is 12.0. The Kier molecular flexibility index (Phi) is 4.46. The van der Waals surface area contributed by atoms with Crippen LogP contribution in [0.4, 0.5) is 5.13 Å². The summed E-state index contributed by atoms with van der Waals surface area (Å²) in [5, 5.41) is 8.10. The van der Waals surface area contributed by atoms with E-state index in [-0.39, 0.29) is 30.0 Å². The summed E-state index contributed by atoms with van der Waals surface area (Å²) in [6.45, 7) is 6.23. The summed E-state index contributed by atoms with van der Waals surface area (Å²) in [4.78, 5) is 33.7. The van der Waals surface area contributed by atoms with E-state index in [1.807, 2.05) is 45.0 Å². The minimum atomic E-state index is -0.273. The van der Waals surface area contributed by atoms with E-state index in [0.29, 0.717) is 16.2 Å². The van der Waals surface area contributed by atoms with Crippen molar-refractivity contribution in [2.75, 3.05) is 5.32 Å². The number of carbonyl (C=O) groups excluding carboxylic acids is 1. The molecule has 0 spiro atoms. The van der Waals surface area contributed by atoms with Gasteiger partial charge in [0.1, 0.15) is 5.39 Å². The van der Waals surface area contributed by atoms with Crippen molar-refractivity contribution in [3.05, 3.63) is 47.1 Å². The molecule has 0 atom stereocenters. The Morgan fingerprint density at radius 2 is 2.04 bits per heavy atom. The first-order chi connectivity index (χ1) is 13.3. The molecule has 0 radical (unpaired) electrons. The molecule has 3 aromatic heterocycles. The van der Waals surface area contributed by atoms with E-state index in [9.17, 15) is 9.59 Å². The molecule has 0 saturated heterocycles. The Labute approximate surface area is 164 Å². The number of amides is 1. The van der Waals surface area contributed by atoms with Crippen molar-refractivity contribution < 1.29 is 4.79 Å². The van der Waals surface area contributed by atoms with Crippen molar-refractivity contribution in [2.45, 2.75) is 39.3 Å². The Bertz CT molecular complexity index is 1200. The molecule has 3 heterocycles. The second-order valence-corrected chi connectivity index (χ2v) is 8.52. The zero-order chi connectivity index (χ0) is 19.9. The molecule has 4 rings (SSSR count). The number of fused-ring (bicyclic) bond motifs is 2. The van der Waals surface area contributed by atoms with Gasteiger partial charge in [0.05, 0.1) is 28.3 Å². The topological polar surface area (TPSA) is 94.7 Å². The average Bonchev–Trinajstić information content (AvgIpc) is 3.24. The lowest BCUT2D eigenvalue weighted by Gasteiger charge is -2.19. The Morgan fingerprint density at radius 3 is 2.79 bits per heavy atom. The molecule has 4 aromatic rings. The van der Waals surface area contributed by atoms with Gasteiger partial charge >= 0.3 is 0 Å². The van der Waals surface area contributed by atoms with Gasteiger partial charge in [-0.15, -0.1) is 0 Å². The summed E-state index contributed by atoms with van der Waals surface area (Å²) in [5.74, 6) is -0.198. The van der Waals surface area contributed by atoms with Crippen LogP contribution in [-0.2, 0) is 16.9 Å². The summed E-state index contributed by atoms with van der Waals surface area (Å²) < 4.78 is 4.18. The van der Waals surface area contributed by atoms with Gasteiger partial charge < -0.3 is 5.32 Å². The van der Waals surface area contributed by atoms with Crippen LogP contribution < -0.4 is 10.9 Å². The number of aryl methyl sites for hydroxylation is 1. The van der Waals surface area contributed by atoms with Crippen LogP contribution >= 0.6 is 11.3 Å².